The molecule has 10 heteroatoms. The molecule has 0 aliphatic carbocycles. The van der Waals surface area contributed by atoms with Crippen molar-refractivity contribution in [2.75, 3.05) is 11.6 Å². The average Bonchev–Trinajstić information content (AvgIpc) is 2.94. The van der Waals surface area contributed by atoms with Crippen LogP contribution in [0.2, 0.25) is 0 Å². The van der Waals surface area contributed by atoms with Crippen molar-refractivity contribution in [3.63, 3.8) is 0 Å². The van der Waals surface area contributed by atoms with E-state index < -0.39 is 23.0 Å². The first-order valence-electron chi connectivity index (χ1n) is 11.8. The van der Waals surface area contributed by atoms with Gasteiger partial charge in [-0.1, -0.05) is 91.0 Å². The third-order valence-electron chi connectivity index (χ3n) is 5.80. The Labute approximate surface area is 222 Å². The van der Waals surface area contributed by atoms with Gasteiger partial charge in [0, 0.05) is 22.5 Å². The molecule has 0 atom stereocenters. The molecule has 0 saturated heterocycles. The number of hydrogen-bond acceptors (Lipinski definition) is 5. The lowest BCUT2D eigenvalue weighted by Gasteiger charge is -2.27. The highest BCUT2D eigenvalue weighted by molar-refractivity contribution is 7.89. The maximum absolute atomic E-state index is 12.6. The van der Waals surface area contributed by atoms with E-state index in [1.165, 1.54) is 29.3 Å². The highest BCUT2D eigenvalue weighted by Gasteiger charge is 2.29. The zero-order valence-electron chi connectivity index (χ0n) is 20.6. The molecule has 0 aromatic heterocycles. The van der Waals surface area contributed by atoms with Gasteiger partial charge in [-0.25, -0.2) is 23.1 Å². The third-order valence-corrected chi connectivity index (χ3v) is 10.4. The number of carboxylic acids is 1. The normalized spacial score (nSPS) is 12.1. The summed E-state index contributed by atoms with van der Waals surface area (Å²) < 4.78 is 28.3. The Hall–Kier alpha value is -4.04. The highest BCUT2D eigenvalue weighted by atomic mass is 32.2. The lowest BCUT2D eigenvalue weighted by atomic mass is 10.3. The van der Waals surface area contributed by atoms with Gasteiger partial charge in [-0.05, 0) is 31.2 Å². The fourth-order valence-corrected chi connectivity index (χ4v) is 8.01. The molecule has 0 aliphatic rings. The van der Waals surface area contributed by atoms with Crippen LogP contribution < -0.4 is 26.1 Å². The third kappa shape index (κ3) is 5.75. The van der Waals surface area contributed by atoms with E-state index in [-0.39, 0.29) is 10.7 Å². The summed E-state index contributed by atoms with van der Waals surface area (Å²) in [6.07, 6.45) is 0. The summed E-state index contributed by atoms with van der Waals surface area (Å²) in [4.78, 5) is 12.6. The number of amidine groups is 1. The van der Waals surface area contributed by atoms with Crippen LogP contribution in [-0.2, 0) is 14.8 Å². The Bertz CT molecular complexity index is 1490. The summed E-state index contributed by atoms with van der Waals surface area (Å²) in [5.74, 6) is -1.65. The number of sulfonamides is 1. The van der Waals surface area contributed by atoms with Crippen molar-refractivity contribution in [3.8, 4) is 0 Å². The summed E-state index contributed by atoms with van der Waals surface area (Å²) in [6.45, 7) is 2.12. The fourth-order valence-electron chi connectivity index (χ4n) is 4.03. The molecule has 0 unspecified atom stereocenters. The van der Waals surface area contributed by atoms with Gasteiger partial charge in [-0.3, -0.25) is 5.01 Å². The van der Waals surface area contributed by atoms with Crippen LogP contribution in [0, 0.1) is 0 Å². The second-order valence-corrected chi connectivity index (χ2v) is 12.8. The fraction of sp³-hybridized carbons (Fsp3) is 0.0714. The van der Waals surface area contributed by atoms with Gasteiger partial charge >= 0.3 is 5.97 Å². The van der Waals surface area contributed by atoms with Gasteiger partial charge in [0.05, 0.1) is 17.6 Å². The molecule has 4 rings (SSSR count). The number of anilines is 1. The molecule has 4 aromatic carbocycles. The van der Waals surface area contributed by atoms with Crippen LogP contribution in [0.25, 0.3) is 0 Å². The second kappa shape index (κ2) is 11.6. The molecule has 0 bridgehead atoms. The second-order valence-electron chi connectivity index (χ2n) is 8.23. The summed E-state index contributed by atoms with van der Waals surface area (Å²) >= 11 is 0. The van der Waals surface area contributed by atoms with E-state index in [4.69, 9.17) is 9.88 Å². The van der Waals surface area contributed by atoms with Gasteiger partial charge in [0.25, 0.3) is 5.84 Å². The van der Waals surface area contributed by atoms with Gasteiger partial charge in [-0.15, -0.1) is 5.10 Å². The molecule has 0 radical (unpaired) electrons. The lowest BCUT2D eigenvalue weighted by Crippen LogP contribution is -2.28. The molecule has 3 N–H and O–H groups in total. The molecule has 0 heterocycles. The number of nitrogens with zero attached hydrogens (tertiary/aromatic N) is 3. The predicted octanol–water partition coefficient (Wildman–Crippen LogP) is 3.74. The van der Waals surface area contributed by atoms with Crippen LogP contribution in [0.15, 0.2) is 130 Å². The van der Waals surface area contributed by atoms with Gasteiger partial charge < -0.3 is 5.11 Å². The van der Waals surface area contributed by atoms with Crippen LogP contribution in [0.1, 0.15) is 6.92 Å². The Morgan fingerprint density at radius 1 is 0.789 bits per heavy atom. The van der Waals surface area contributed by atoms with Crippen LogP contribution in [0.4, 0.5) is 5.69 Å². The largest absolute Gasteiger partial charge is 0.475 e. The molecule has 194 valence electrons. The standard InChI is InChI=1S/C28H27N4O4PS/c1-2-32(22-18-20-26(21-19-22)38(29,35)36)30-27(28(33)34)31-37(23-12-6-3-7-13-23,24-14-8-4-9-15-24)25-16-10-5-11-17-25/h3-21H,2H2,1H3,(H,33,34)(H2,29,35,36). The Balaban J connectivity index is 2.00. The van der Waals surface area contributed by atoms with E-state index in [0.29, 0.717) is 12.2 Å². The summed E-state index contributed by atoms with van der Waals surface area (Å²) in [6, 6.07) is 34.7. The zero-order chi connectivity index (χ0) is 27.2. The smallest absolute Gasteiger partial charge is 0.375 e. The average molecular weight is 547 g/mol. The quantitative estimate of drug-likeness (QED) is 0.158. The highest BCUT2D eigenvalue weighted by Crippen LogP contribution is 2.46. The van der Waals surface area contributed by atoms with Crippen molar-refractivity contribution in [1.82, 2.24) is 0 Å². The maximum Gasteiger partial charge on any atom is 0.375 e. The molecule has 4 aromatic rings. The molecule has 0 spiro atoms. The number of carbonyl (C=O) groups is 1. The van der Waals surface area contributed by atoms with Crippen molar-refractivity contribution in [2.45, 2.75) is 11.8 Å². The molecular weight excluding hydrogens is 519 g/mol. The lowest BCUT2D eigenvalue weighted by molar-refractivity contribution is -0.129. The van der Waals surface area contributed by atoms with E-state index in [2.05, 4.69) is 5.10 Å². The first-order chi connectivity index (χ1) is 18.3. The number of benzene rings is 4. The maximum atomic E-state index is 12.6. The van der Waals surface area contributed by atoms with Crippen molar-refractivity contribution in [2.24, 2.45) is 15.0 Å². The monoisotopic (exact) mass is 546 g/mol. The van der Waals surface area contributed by atoms with Crippen LogP contribution in [0.3, 0.4) is 0 Å². The summed E-state index contributed by atoms with van der Waals surface area (Å²) in [7, 11) is -6.73. The Morgan fingerprint density at radius 2 is 1.21 bits per heavy atom. The Kier molecular flexibility index (Phi) is 8.22. The molecule has 0 aliphatic heterocycles. The summed E-state index contributed by atoms with van der Waals surface area (Å²) in [5, 5.41) is 24.1. The molecular formula is C28H27N4O4PS. The van der Waals surface area contributed by atoms with Gasteiger partial charge in [0.1, 0.15) is 0 Å². The van der Waals surface area contributed by atoms with Crippen LogP contribution >= 0.6 is 7.05 Å². The first kappa shape index (κ1) is 27.0. The van der Waals surface area contributed by atoms with E-state index >= 15 is 0 Å². The minimum atomic E-state index is -3.87. The van der Waals surface area contributed by atoms with E-state index in [1.807, 2.05) is 97.9 Å². The van der Waals surface area contributed by atoms with Crippen molar-refractivity contribution >= 4 is 50.5 Å². The number of nitrogens with two attached hydrogens (primary N) is 1. The topological polar surface area (TPSA) is 125 Å². The predicted molar refractivity (Wildman–Crippen MR) is 153 cm³/mol. The minimum Gasteiger partial charge on any atom is -0.475 e. The molecule has 0 fully saturated rings. The van der Waals surface area contributed by atoms with E-state index in [9.17, 15) is 18.3 Å². The molecule has 0 saturated carbocycles. The van der Waals surface area contributed by atoms with E-state index in [1.54, 1.807) is 0 Å². The van der Waals surface area contributed by atoms with E-state index in [0.717, 1.165) is 15.9 Å². The van der Waals surface area contributed by atoms with Crippen molar-refractivity contribution < 1.29 is 18.3 Å². The van der Waals surface area contributed by atoms with Crippen molar-refractivity contribution in [1.29, 1.82) is 0 Å². The number of rotatable bonds is 7. The number of primary sulfonamides is 1. The number of aliphatic carboxylic acids is 1. The van der Waals surface area contributed by atoms with Gasteiger partial charge in [-0.2, -0.15) is 0 Å². The van der Waals surface area contributed by atoms with Crippen molar-refractivity contribution in [3.05, 3.63) is 115 Å². The molecule has 0 amide bonds. The van der Waals surface area contributed by atoms with Gasteiger partial charge in [0.15, 0.2) is 0 Å². The van der Waals surface area contributed by atoms with Crippen LogP contribution in [-0.4, -0.2) is 31.9 Å². The molecule has 8 nitrogen and oxygen atoms in total. The van der Waals surface area contributed by atoms with Crippen LogP contribution in [0.5, 0.6) is 0 Å². The summed E-state index contributed by atoms with van der Waals surface area (Å²) in [5.41, 5.74) is 0.497. The first-order valence-corrected chi connectivity index (χ1v) is 15.1. The number of hydrazone groups is 1. The number of hydrogen-bond donors (Lipinski definition) is 2. The van der Waals surface area contributed by atoms with Gasteiger partial charge in [0.2, 0.25) is 10.0 Å². The molecule has 38 heavy (non-hydrogen) atoms. The Morgan fingerprint density at radius 3 is 1.55 bits per heavy atom. The number of carboxylic acid groups (broad SMARTS) is 1. The zero-order valence-corrected chi connectivity index (χ0v) is 22.3. The minimum absolute atomic E-state index is 0.0494. The SMILES string of the molecule is CCN(N=C(N=P(c1ccccc1)(c1ccccc1)c1ccccc1)C(=O)O)c1ccc(S(N)(=O)=O)cc1.